The Hall–Kier alpha value is -2.43. The van der Waals surface area contributed by atoms with Gasteiger partial charge in [0.2, 0.25) is 5.91 Å². The van der Waals surface area contributed by atoms with Gasteiger partial charge in [-0.25, -0.2) is 9.97 Å². The topological polar surface area (TPSA) is 66.9 Å². The molecule has 26 heavy (non-hydrogen) atoms. The molecule has 1 amide bonds. The highest BCUT2D eigenvalue weighted by Crippen LogP contribution is 2.38. The van der Waals surface area contributed by atoms with E-state index >= 15 is 0 Å². The molecule has 0 bridgehead atoms. The van der Waals surface area contributed by atoms with Crippen LogP contribution in [0.4, 0.5) is 11.5 Å². The SMILES string of the molecule is O=C(Nc1cccc(CNc2ccnc(C3CC3)n2)c1)C1CCCCC1. The van der Waals surface area contributed by atoms with Crippen molar-refractivity contribution in [2.45, 2.75) is 57.4 Å². The van der Waals surface area contributed by atoms with E-state index in [9.17, 15) is 4.79 Å². The molecule has 136 valence electrons. The molecule has 1 heterocycles. The third-order valence-corrected chi connectivity index (χ3v) is 5.26. The molecule has 1 aromatic carbocycles. The lowest BCUT2D eigenvalue weighted by Gasteiger charge is -2.20. The Kier molecular flexibility index (Phi) is 5.14. The summed E-state index contributed by atoms with van der Waals surface area (Å²) in [5.41, 5.74) is 2.00. The van der Waals surface area contributed by atoms with Crippen LogP contribution in [0.2, 0.25) is 0 Å². The van der Waals surface area contributed by atoms with Crippen LogP contribution in [0.3, 0.4) is 0 Å². The molecule has 2 N–H and O–H groups in total. The Labute approximate surface area is 154 Å². The number of hydrogen-bond donors (Lipinski definition) is 2. The van der Waals surface area contributed by atoms with Gasteiger partial charge in [0, 0.05) is 30.3 Å². The molecule has 2 aromatic rings. The lowest BCUT2D eigenvalue weighted by molar-refractivity contribution is -0.120. The minimum atomic E-state index is 0.166. The lowest BCUT2D eigenvalue weighted by atomic mass is 9.88. The summed E-state index contributed by atoms with van der Waals surface area (Å²) < 4.78 is 0. The first kappa shape index (κ1) is 17.0. The Bertz CT molecular complexity index is 766. The van der Waals surface area contributed by atoms with Crippen molar-refractivity contribution < 1.29 is 4.79 Å². The van der Waals surface area contributed by atoms with E-state index in [1.165, 1.54) is 32.1 Å². The van der Waals surface area contributed by atoms with E-state index in [1.807, 2.05) is 30.5 Å². The number of nitrogens with one attached hydrogen (secondary N) is 2. The molecule has 4 rings (SSSR count). The van der Waals surface area contributed by atoms with Crippen LogP contribution in [0.15, 0.2) is 36.5 Å². The van der Waals surface area contributed by atoms with E-state index in [0.717, 1.165) is 35.7 Å². The molecule has 2 fully saturated rings. The Balaban J connectivity index is 1.35. The third-order valence-electron chi connectivity index (χ3n) is 5.26. The number of carbonyl (C=O) groups excluding carboxylic acids is 1. The zero-order chi connectivity index (χ0) is 17.8. The number of rotatable bonds is 6. The van der Waals surface area contributed by atoms with Crippen LogP contribution in [0.25, 0.3) is 0 Å². The van der Waals surface area contributed by atoms with Crippen molar-refractivity contribution in [1.82, 2.24) is 9.97 Å². The van der Waals surface area contributed by atoms with Crippen molar-refractivity contribution in [2.24, 2.45) is 5.92 Å². The van der Waals surface area contributed by atoms with E-state index in [0.29, 0.717) is 12.5 Å². The van der Waals surface area contributed by atoms with Crippen LogP contribution >= 0.6 is 0 Å². The highest BCUT2D eigenvalue weighted by Gasteiger charge is 2.26. The number of nitrogens with zero attached hydrogens (tertiary/aromatic N) is 2. The maximum Gasteiger partial charge on any atom is 0.227 e. The van der Waals surface area contributed by atoms with Gasteiger partial charge >= 0.3 is 0 Å². The lowest BCUT2D eigenvalue weighted by Crippen LogP contribution is -2.24. The van der Waals surface area contributed by atoms with Crippen LogP contribution < -0.4 is 10.6 Å². The van der Waals surface area contributed by atoms with E-state index in [1.54, 1.807) is 0 Å². The number of anilines is 2. The molecule has 0 unspecified atom stereocenters. The zero-order valence-corrected chi connectivity index (χ0v) is 15.1. The average Bonchev–Trinajstić information content (AvgIpc) is 3.53. The molecule has 5 heteroatoms. The zero-order valence-electron chi connectivity index (χ0n) is 15.1. The normalized spacial score (nSPS) is 17.7. The second kappa shape index (κ2) is 7.85. The summed E-state index contributed by atoms with van der Waals surface area (Å²) in [5, 5.41) is 6.45. The summed E-state index contributed by atoms with van der Waals surface area (Å²) in [4.78, 5) is 21.4. The Morgan fingerprint density at radius 3 is 2.73 bits per heavy atom. The summed E-state index contributed by atoms with van der Waals surface area (Å²) in [5.74, 6) is 2.70. The van der Waals surface area contributed by atoms with Gasteiger partial charge in [0.25, 0.3) is 0 Å². The molecular formula is C21H26N4O. The Morgan fingerprint density at radius 2 is 1.92 bits per heavy atom. The largest absolute Gasteiger partial charge is 0.366 e. The van der Waals surface area contributed by atoms with E-state index in [2.05, 4.69) is 26.7 Å². The van der Waals surface area contributed by atoms with Crippen LogP contribution in [-0.4, -0.2) is 15.9 Å². The second-order valence-electron chi connectivity index (χ2n) is 7.45. The minimum absolute atomic E-state index is 0.166. The van der Waals surface area contributed by atoms with Crippen molar-refractivity contribution in [3.05, 3.63) is 47.9 Å². The summed E-state index contributed by atoms with van der Waals surface area (Å²) in [6.45, 7) is 0.675. The number of benzene rings is 1. The fourth-order valence-corrected chi connectivity index (χ4v) is 3.57. The van der Waals surface area contributed by atoms with Gasteiger partial charge in [0.1, 0.15) is 11.6 Å². The van der Waals surface area contributed by atoms with Crippen molar-refractivity contribution in [2.75, 3.05) is 10.6 Å². The standard InChI is InChI=1S/C21H26N4O/c26-21(17-6-2-1-3-7-17)24-18-8-4-5-15(13-18)14-23-19-11-12-22-20(25-19)16-9-10-16/h4-5,8,11-13,16-17H,1-3,6-7,9-10,14H2,(H,24,26)(H,22,23,25). The maximum atomic E-state index is 12.4. The van der Waals surface area contributed by atoms with Gasteiger partial charge in [-0.05, 0) is 49.4 Å². The van der Waals surface area contributed by atoms with Crippen molar-refractivity contribution in [3.63, 3.8) is 0 Å². The molecule has 2 saturated carbocycles. The fraction of sp³-hybridized carbons (Fsp3) is 0.476. The average molecular weight is 350 g/mol. The quantitative estimate of drug-likeness (QED) is 0.806. The smallest absolute Gasteiger partial charge is 0.227 e. The molecular weight excluding hydrogens is 324 g/mol. The van der Waals surface area contributed by atoms with Gasteiger partial charge in [0.15, 0.2) is 0 Å². The van der Waals surface area contributed by atoms with Gasteiger partial charge < -0.3 is 10.6 Å². The van der Waals surface area contributed by atoms with Crippen LogP contribution in [-0.2, 0) is 11.3 Å². The summed E-state index contributed by atoms with van der Waals surface area (Å²) in [6.07, 6.45) is 9.86. The molecule has 2 aliphatic rings. The number of carbonyl (C=O) groups is 1. The third kappa shape index (κ3) is 4.40. The predicted octanol–water partition coefficient (Wildman–Crippen LogP) is 4.48. The van der Waals surface area contributed by atoms with Crippen LogP contribution in [0, 0.1) is 5.92 Å². The first-order chi connectivity index (χ1) is 12.8. The van der Waals surface area contributed by atoms with Crippen molar-refractivity contribution >= 4 is 17.4 Å². The van der Waals surface area contributed by atoms with Gasteiger partial charge in [-0.2, -0.15) is 0 Å². The summed E-state index contributed by atoms with van der Waals surface area (Å²) >= 11 is 0. The van der Waals surface area contributed by atoms with Crippen LogP contribution in [0.1, 0.15) is 62.3 Å². The van der Waals surface area contributed by atoms with E-state index in [-0.39, 0.29) is 11.8 Å². The molecule has 1 aromatic heterocycles. The molecule has 0 aliphatic heterocycles. The molecule has 0 spiro atoms. The van der Waals surface area contributed by atoms with Gasteiger partial charge in [-0.15, -0.1) is 0 Å². The van der Waals surface area contributed by atoms with Crippen LogP contribution in [0.5, 0.6) is 0 Å². The molecule has 0 saturated heterocycles. The highest BCUT2D eigenvalue weighted by molar-refractivity contribution is 5.92. The first-order valence-electron chi connectivity index (χ1n) is 9.74. The minimum Gasteiger partial charge on any atom is -0.366 e. The van der Waals surface area contributed by atoms with Gasteiger partial charge in [0.05, 0.1) is 0 Å². The number of amides is 1. The highest BCUT2D eigenvalue weighted by atomic mass is 16.1. The molecule has 0 radical (unpaired) electrons. The molecule has 2 aliphatic carbocycles. The van der Waals surface area contributed by atoms with E-state index < -0.39 is 0 Å². The predicted molar refractivity (Wildman–Crippen MR) is 103 cm³/mol. The van der Waals surface area contributed by atoms with Crippen molar-refractivity contribution in [3.8, 4) is 0 Å². The fourth-order valence-electron chi connectivity index (χ4n) is 3.57. The summed E-state index contributed by atoms with van der Waals surface area (Å²) in [6, 6.07) is 9.95. The summed E-state index contributed by atoms with van der Waals surface area (Å²) in [7, 11) is 0. The number of hydrogen-bond acceptors (Lipinski definition) is 4. The molecule has 0 atom stereocenters. The van der Waals surface area contributed by atoms with Crippen molar-refractivity contribution in [1.29, 1.82) is 0 Å². The second-order valence-corrected chi connectivity index (χ2v) is 7.45. The Morgan fingerprint density at radius 1 is 1.08 bits per heavy atom. The van der Waals surface area contributed by atoms with Gasteiger partial charge in [-0.3, -0.25) is 4.79 Å². The number of aromatic nitrogens is 2. The monoisotopic (exact) mass is 350 g/mol. The molecule has 5 nitrogen and oxygen atoms in total. The first-order valence-corrected chi connectivity index (χ1v) is 9.74. The maximum absolute atomic E-state index is 12.4. The van der Waals surface area contributed by atoms with E-state index in [4.69, 9.17) is 0 Å². The van der Waals surface area contributed by atoms with Gasteiger partial charge in [-0.1, -0.05) is 31.4 Å².